The van der Waals surface area contributed by atoms with Gasteiger partial charge in [0.15, 0.2) is 0 Å². The van der Waals surface area contributed by atoms with Gasteiger partial charge in [-0.2, -0.15) is 0 Å². The third-order valence-corrected chi connectivity index (χ3v) is 5.04. The lowest BCUT2D eigenvalue weighted by Crippen LogP contribution is -2.24. The maximum atomic E-state index is 12.8. The van der Waals surface area contributed by atoms with Crippen LogP contribution in [0.5, 0.6) is 0 Å². The van der Waals surface area contributed by atoms with Gasteiger partial charge in [-0.1, -0.05) is 18.2 Å². The summed E-state index contributed by atoms with van der Waals surface area (Å²) in [6.45, 7) is 0. The predicted molar refractivity (Wildman–Crippen MR) is 83.5 cm³/mol. The van der Waals surface area contributed by atoms with E-state index in [4.69, 9.17) is 5.73 Å². The lowest BCUT2D eigenvalue weighted by atomic mass is 10.3. The SMILES string of the molecule is Nc1ccc(-n2ccnc2P(=O)(O)c2ccccc2)cc1. The Balaban J connectivity index is 2.11. The van der Waals surface area contributed by atoms with E-state index in [1.165, 1.54) is 6.20 Å². The van der Waals surface area contributed by atoms with Crippen molar-refractivity contribution < 1.29 is 9.46 Å². The van der Waals surface area contributed by atoms with Crippen molar-refractivity contribution in [3.8, 4) is 5.69 Å². The van der Waals surface area contributed by atoms with Crippen molar-refractivity contribution in [3.05, 3.63) is 67.0 Å². The van der Waals surface area contributed by atoms with Gasteiger partial charge in [-0.05, 0) is 36.4 Å². The van der Waals surface area contributed by atoms with Crippen molar-refractivity contribution in [1.29, 1.82) is 0 Å². The molecule has 0 amide bonds. The topological polar surface area (TPSA) is 81.1 Å². The Morgan fingerprint density at radius 1 is 1.05 bits per heavy atom. The van der Waals surface area contributed by atoms with Gasteiger partial charge in [0.25, 0.3) is 7.37 Å². The third kappa shape index (κ3) is 2.49. The van der Waals surface area contributed by atoms with E-state index >= 15 is 0 Å². The molecule has 0 aliphatic heterocycles. The number of rotatable bonds is 3. The lowest BCUT2D eigenvalue weighted by molar-refractivity contribution is 0.498. The molecule has 1 heterocycles. The molecular weight excluding hydrogens is 285 g/mol. The Morgan fingerprint density at radius 2 is 1.71 bits per heavy atom. The summed E-state index contributed by atoms with van der Waals surface area (Å²) in [6.07, 6.45) is 3.17. The number of benzene rings is 2. The van der Waals surface area contributed by atoms with E-state index in [9.17, 15) is 9.46 Å². The van der Waals surface area contributed by atoms with Crippen molar-refractivity contribution >= 4 is 23.9 Å². The van der Waals surface area contributed by atoms with Crippen molar-refractivity contribution in [2.45, 2.75) is 0 Å². The first-order valence-electron chi connectivity index (χ1n) is 6.37. The van der Waals surface area contributed by atoms with Crippen LogP contribution in [0.4, 0.5) is 5.69 Å². The summed E-state index contributed by atoms with van der Waals surface area (Å²) in [7, 11) is -3.74. The van der Waals surface area contributed by atoms with Crippen LogP contribution < -0.4 is 16.6 Å². The van der Waals surface area contributed by atoms with Crippen LogP contribution in [-0.2, 0) is 4.57 Å². The van der Waals surface area contributed by atoms with Crippen molar-refractivity contribution in [2.75, 3.05) is 5.73 Å². The van der Waals surface area contributed by atoms with E-state index in [1.807, 2.05) is 0 Å². The predicted octanol–water partition coefficient (Wildman–Crippen LogP) is 1.68. The first-order valence-corrected chi connectivity index (χ1v) is 8.03. The molecule has 106 valence electrons. The average Bonchev–Trinajstić information content (AvgIpc) is 2.99. The molecule has 0 aliphatic carbocycles. The lowest BCUT2D eigenvalue weighted by Gasteiger charge is -2.14. The fourth-order valence-electron chi connectivity index (χ4n) is 2.10. The van der Waals surface area contributed by atoms with Crippen molar-refractivity contribution in [2.24, 2.45) is 0 Å². The van der Waals surface area contributed by atoms with E-state index in [-0.39, 0.29) is 5.57 Å². The Labute approximate surface area is 122 Å². The first kappa shape index (κ1) is 13.6. The summed E-state index contributed by atoms with van der Waals surface area (Å²) in [5.74, 6) is 0. The van der Waals surface area contributed by atoms with Crippen LogP contribution in [0, 0.1) is 0 Å². The molecule has 1 atom stereocenters. The summed E-state index contributed by atoms with van der Waals surface area (Å²) in [5, 5.41) is 0.355. The Hall–Kier alpha value is -2.36. The van der Waals surface area contributed by atoms with Crippen LogP contribution in [0.15, 0.2) is 67.0 Å². The highest BCUT2D eigenvalue weighted by Gasteiger charge is 2.29. The number of aromatic nitrogens is 2. The maximum absolute atomic E-state index is 12.8. The summed E-state index contributed by atoms with van der Waals surface area (Å²) in [5.41, 5.74) is 7.16. The second kappa shape index (κ2) is 5.20. The molecule has 0 bridgehead atoms. The van der Waals surface area contributed by atoms with E-state index in [1.54, 1.807) is 65.4 Å². The monoisotopic (exact) mass is 299 g/mol. The number of nitrogens with zero attached hydrogens (tertiary/aromatic N) is 2. The normalized spacial score (nSPS) is 13.8. The van der Waals surface area contributed by atoms with E-state index in [0.717, 1.165) is 5.69 Å². The van der Waals surface area contributed by atoms with Gasteiger partial charge >= 0.3 is 0 Å². The number of anilines is 1. The standard InChI is InChI=1S/C15H14N3O2P/c16-12-6-8-13(9-7-12)18-11-10-17-15(18)21(19,20)14-4-2-1-3-5-14/h1-11H,16H2,(H,19,20). The molecule has 1 aromatic heterocycles. The van der Waals surface area contributed by atoms with Crippen LogP contribution in [0.3, 0.4) is 0 Å². The van der Waals surface area contributed by atoms with Crippen LogP contribution in [0.25, 0.3) is 5.69 Å². The summed E-state index contributed by atoms with van der Waals surface area (Å²) >= 11 is 0. The number of nitrogen functional groups attached to an aromatic ring is 1. The van der Waals surface area contributed by atoms with E-state index in [0.29, 0.717) is 11.0 Å². The van der Waals surface area contributed by atoms with Gasteiger partial charge in [0, 0.05) is 29.1 Å². The Bertz CT molecular complexity index is 797. The molecule has 3 rings (SSSR count). The average molecular weight is 299 g/mol. The molecule has 0 aliphatic rings. The first-order chi connectivity index (χ1) is 10.1. The zero-order valence-electron chi connectivity index (χ0n) is 11.1. The van der Waals surface area contributed by atoms with Gasteiger partial charge in [-0.3, -0.25) is 9.13 Å². The molecule has 3 N–H and O–H groups in total. The van der Waals surface area contributed by atoms with Crippen molar-refractivity contribution in [1.82, 2.24) is 9.55 Å². The van der Waals surface area contributed by atoms with Gasteiger partial charge < -0.3 is 10.6 Å². The number of imidazole rings is 1. The van der Waals surface area contributed by atoms with Crippen LogP contribution in [0.2, 0.25) is 0 Å². The molecule has 2 aromatic carbocycles. The maximum Gasteiger partial charge on any atom is 0.293 e. The molecule has 5 nitrogen and oxygen atoms in total. The highest BCUT2D eigenvalue weighted by molar-refractivity contribution is 7.73. The Kier molecular flexibility index (Phi) is 3.37. The minimum atomic E-state index is -3.74. The van der Waals surface area contributed by atoms with Crippen LogP contribution in [-0.4, -0.2) is 14.4 Å². The molecule has 0 saturated heterocycles. The largest absolute Gasteiger partial charge is 0.399 e. The Morgan fingerprint density at radius 3 is 2.38 bits per heavy atom. The second-order valence-corrected chi connectivity index (χ2v) is 6.67. The zero-order valence-corrected chi connectivity index (χ0v) is 12.0. The van der Waals surface area contributed by atoms with Gasteiger partial charge in [-0.15, -0.1) is 0 Å². The van der Waals surface area contributed by atoms with Gasteiger partial charge in [0.1, 0.15) is 0 Å². The molecule has 6 heteroatoms. The van der Waals surface area contributed by atoms with Crippen molar-refractivity contribution in [3.63, 3.8) is 0 Å². The smallest absolute Gasteiger partial charge is 0.293 e. The van der Waals surface area contributed by atoms with Gasteiger partial charge in [-0.25, -0.2) is 4.98 Å². The molecule has 0 radical (unpaired) electrons. The summed E-state index contributed by atoms with van der Waals surface area (Å²) in [4.78, 5) is 14.6. The molecule has 1 unspecified atom stereocenters. The highest BCUT2D eigenvalue weighted by atomic mass is 31.2. The van der Waals surface area contributed by atoms with Gasteiger partial charge in [0.2, 0.25) is 5.57 Å². The van der Waals surface area contributed by atoms with E-state index < -0.39 is 7.37 Å². The zero-order chi connectivity index (χ0) is 14.9. The fraction of sp³-hybridized carbons (Fsp3) is 0. The fourth-order valence-corrected chi connectivity index (χ4v) is 3.61. The van der Waals surface area contributed by atoms with Gasteiger partial charge in [0.05, 0.1) is 0 Å². The minimum Gasteiger partial charge on any atom is -0.399 e. The van der Waals surface area contributed by atoms with Crippen LogP contribution in [0.1, 0.15) is 0 Å². The molecule has 0 fully saturated rings. The number of nitrogens with two attached hydrogens (primary N) is 1. The molecule has 0 spiro atoms. The molecule has 21 heavy (non-hydrogen) atoms. The summed E-state index contributed by atoms with van der Waals surface area (Å²) in [6, 6.07) is 15.6. The van der Waals surface area contributed by atoms with Crippen LogP contribution >= 0.6 is 7.37 Å². The van der Waals surface area contributed by atoms with E-state index in [2.05, 4.69) is 4.98 Å². The number of hydrogen-bond acceptors (Lipinski definition) is 3. The quantitative estimate of drug-likeness (QED) is 0.569. The molecule has 0 saturated carbocycles. The number of hydrogen-bond donors (Lipinski definition) is 2. The third-order valence-electron chi connectivity index (χ3n) is 3.17. The summed E-state index contributed by atoms with van der Waals surface area (Å²) < 4.78 is 14.4. The molecular formula is C15H14N3O2P. The molecule has 3 aromatic rings. The minimum absolute atomic E-state index is 0.124. The second-order valence-electron chi connectivity index (χ2n) is 4.60. The highest BCUT2D eigenvalue weighted by Crippen LogP contribution is 2.37.